The van der Waals surface area contributed by atoms with Crippen LogP contribution in [0.25, 0.3) is 33.2 Å². The van der Waals surface area contributed by atoms with Crippen molar-refractivity contribution in [2.75, 3.05) is 39.2 Å². The van der Waals surface area contributed by atoms with Crippen LogP contribution in [0.2, 0.25) is 0 Å². The summed E-state index contributed by atoms with van der Waals surface area (Å²) in [5, 5.41) is 8.29. The van der Waals surface area contributed by atoms with Crippen LogP contribution >= 0.6 is 0 Å². The predicted molar refractivity (Wildman–Crippen MR) is 211 cm³/mol. The molecule has 3 amide bonds. The number of carbonyl (C=O) groups is 4. The molecule has 13 heteroatoms. The Hall–Kier alpha value is -5.46. The number of nitrogens with zero attached hydrogens (tertiary/aromatic N) is 4. The molecule has 0 unspecified atom stereocenters. The SMILES string of the molecule is COC(=O)C[C@H](C(=O)N1CCC[C@H]1CNc1ccc(-c2ccc3cc(-c4cnc([C@@H]5CCCN5C(=O)[C@@H](NC(=O)OC)C(C)C)[nH]4)ccc3c2)cn1)C(C)C. The molecule has 2 fully saturated rings. The quantitative estimate of drug-likeness (QED) is 0.128. The van der Waals surface area contributed by atoms with Gasteiger partial charge in [-0.05, 0) is 78.1 Å². The number of esters is 1. The number of rotatable bonds is 13. The molecular formula is C42H53N7O6. The number of H-pyrrole nitrogens is 1. The summed E-state index contributed by atoms with van der Waals surface area (Å²) in [4.78, 5) is 67.5. The van der Waals surface area contributed by atoms with E-state index in [9.17, 15) is 19.2 Å². The van der Waals surface area contributed by atoms with Gasteiger partial charge in [-0.15, -0.1) is 0 Å². The van der Waals surface area contributed by atoms with Gasteiger partial charge >= 0.3 is 12.1 Å². The van der Waals surface area contributed by atoms with Crippen molar-refractivity contribution in [3.8, 4) is 22.4 Å². The number of alkyl carbamates (subject to hydrolysis) is 1. The van der Waals surface area contributed by atoms with E-state index in [1.165, 1.54) is 14.2 Å². The number of carbonyl (C=O) groups excluding carboxylic acids is 4. The molecule has 0 spiro atoms. The first-order valence-corrected chi connectivity index (χ1v) is 19.3. The number of nitrogens with one attached hydrogen (secondary N) is 3. The number of methoxy groups -OCH3 is 2. The number of aromatic nitrogens is 3. The van der Waals surface area contributed by atoms with Gasteiger partial charge in [0.1, 0.15) is 17.7 Å². The highest BCUT2D eigenvalue weighted by Crippen LogP contribution is 2.34. The number of fused-ring (bicyclic) bond motifs is 1. The van der Waals surface area contributed by atoms with E-state index in [0.717, 1.165) is 70.5 Å². The number of amides is 3. The first kappa shape index (κ1) is 39.2. The summed E-state index contributed by atoms with van der Waals surface area (Å²) in [7, 11) is 2.65. The number of ether oxygens (including phenoxy) is 2. The maximum absolute atomic E-state index is 13.6. The lowest BCUT2D eigenvalue weighted by atomic mass is 9.91. The van der Waals surface area contributed by atoms with Crippen molar-refractivity contribution in [3.05, 3.63) is 66.7 Å². The van der Waals surface area contributed by atoms with Crippen LogP contribution in [0.3, 0.4) is 0 Å². The number of anilines is 1. The Balaban J connectivity index is 1.09. The zero-order chi connectivity index (χ0) is 39.2. The van der Waals surface area contributed by atoms with Crippen LogP contribution in [-0.4, -0.2) is 94.6 Å². The highest BCUT2D eigenvalue weighted by molar-refractivity contribution is 5.91. The molecule has 4 atom stereocenters. The number of aromatic amines is 1. The number of hydrogen-bond acceptors (Lipinski definition) is 9. The molecule has 55 heavy (non-hydrogen) atoms. The highest BCUT2D eigenvalue weighted by Gasteiger charge is 2.38. The number of hydrogen-bond donors (Lipinski definition) is 3. The third-order valence-electron chi connectivity index (χ3n) is 11.0. The molecule has 0 aliphatic carbocycles. The van der Waals surface area contributed by atoms with Crippen molar-refractivity contribution < 1.29 is 28.7 Å². The lowest BCUT2D eigenvalue weighted by Crippen LogP contribution is -2.51. The molecule has 4 aromatic rings. The van der Waals surface area contributed by atoms with Crippen molar-refractivity contribution in [1.29, 1.82) is 0 Å². The van der Waals surface area contributed by atoms with Crippen molar-refractivity contribution in [2.45, 2.75) is 77.9 Å². The van der Waals surface area contributed by atoms with Crippen molar-refractivity contribution in [3.63, 3.8) is 0 Å². The summed E-state index contributed by atoms with van der Waals surface area (Å²) in [6, 6.07) is 15.8. The number of imidazole rings is 1. The Bertz CT molecular complexity index is 1990. The Morgan fingerprint density at radius 3 is 2.16 bits per heavy atom. The summed E-state index contributed by atoms with van der Waals surface area (Å²) in [6.45, 7) is 9.62. The highest BCUT2D eigenvalue weighted by atomic mass is 16.5. The standard InChI is InChI=1S/C42H53N7O6/c1-25(2)33(21-37(50)54-5)40(51)48-17-7-9-32(48)23-44-36-16-15-31(22-43-36)29-12-11-28-20-30(14-13-27(28)19-29)34-24-45-39(46-34)35-10-8-18-49(35)41(52)38(26(3)4)47-42(53)55-6/h11-16,19-20,22,24-26,32-33,35,38H,7-10,17-18,21,23H2,1-6H3,(H,43,44)(H,45,46)(H,47,53)/t32-,33-,35-,38-/m0/s1. The molecule has 2 aliphatic rings. The van der Waals surface area contributed by atoms with Gasteiger partial charge in [-0.1, -0.05) is 52.0 Å². The maximum atomic E-state index is 13.6. The smallest absolute Gasteiger partial charge is 0.407 e. The second-order valence-corrected chi connectivity index (χ2v) is 15.3. The van der Waals surface area contributed by atoms with E-state index in [0.29, 0.717) is 19.6 Å². The zero-order valence-corrected chi connectivity index (χ0v) is 32.6. The van der Waals surface area contributed by atoms with Gasteiger partial charge in [0.2, 0.25) is 11.8 Å². The largest absolute Gasteiger partial charge is 0.469 e. The average molecular weight is 752 g/mol. The molecule has 0 radical (unpaired) electrons. The van der Waals surface area contributed by atoms with Gasteiger partial charge in [0, 0.05) is 43.0 Å². The number of likely N-dealkylation sites (tertiary alicyclic amines) is 2. The first-order chi connectivity index (χ1) is 26.5. The fourth-order valence-electron chi connectivity index (χ4n) is 7.75. The van der Waals surface area contributed by atoms with Crippen LogP contribution < -0.4 is 10.6 Å². The molecule has 0 bridgehead atoms. The normalized spacial score (nSPS) is 18.1. The average Bonchev–Trinajstić information content (AvgIpc) is 3.99. The molecule has 2 saturated heterocycles. The van der Waals surface area contributed by atoms with Gasteiger partial charge in [-0.25, -0.2) is 14.8 Å². The van der Waals surface area contributed by atoms with Crippen LogP contribution in [-0.2, 0) is 23.9 Å². The fraction of sp³-hybridized carbons (Fsp3) is 0.476. The van der Waals surface area contributed by atoms with Crippen LogP contribution in [0.1, 0.15) is 71.7 Å². The predicted octanol–water partition coefficient (Wildman–Crippen LogP) is 6.57. The zero-order valence-electron chi connectivity index (χ0n) is 32.6. The van der Waals surface area contributed by atoms with Gasteiger partial charge in [0.05, 0.1) is 44.5 Å². The van der Waals surface area contributed by atoms with Gasteiger partial charge < -0.3 is 34.9 Å². The van der Waals surface area contributed by atoms with Crippen LogP contribution in [0.5, 0.6) is 0 Å². The summed E-state index contributed by atoms with van der Waals surface area (Å²) in [5.74, 6) is 0.525. The van der Waals surface area contributed by atoms with Gasteiger partial charge in [0.15, 0.2) is 0 Å². The molecular weight excluding hydrogens is 699 g/mol. The monoisotopic (exact) mass is 751 g/mol. The van der Waals surface area contributed by atoms with Crippen molar-refractivity contribution >= 4 is 40.5 Å². The van der Waals surface area contributed by atoms with Crippen LogP contribution in [0.4, 0.5) is 10.6 Å². The van der Waals surface area contributed by atoms with Gasteiger partial charge in [0.25, 0.3) is 0 Å². The topological polar surface area (TPSA) is 159 Å². The maximum Gasteiger partial charge on any atom is 0.407 e. The molecule has 292 valence electrons. The minimum absolute atomic E-state index is 0.0159. The molecule has 2 aliphatic heterocycles. The van der Waals surface area contributed by atoms with Gasteiger partial charge in [-0.2, -0.15) is 0 Å². The van der Waals surface area contributed by atoms with Crippen molar-refractivity contribution in [2.24, 2.45) is 17.8 Å². The van der Waals surface area contributed by atoms with E-state index < -0.39 is 18.1 Å². The van der Waals surface area contributed by atoms with E-state index in [1.807, 2.05) is 62.0 Å². The summed E-state index contributed by atoms with van der Waals surface area (Å²) < 4.78 is 9.61. The molecule has 6 rings (SSSR count). The first-order valence-electron chi connectivity index (χ1n) is 19.3. The van der Waals surface area contributed by atoms with E-state index >= 15 is 0 Å². The van der Waals surface area contributed by atoms with Crippen LogP contribution in [0.15, 0.2) is 60.9 Å². The molecule has 2 aromatic heterocycles. The Morgan fingerprint density at radius 2 is 1.49 bits per heavy atom. The third kappa shape index (κ3) is 8.92. The number of pyridine rings is 1. The Morgan fingerprint density at radius 1 is 0.800 bits per heavy atom. The lowest BCUT2D eigenvalue weighted by molar-refractivity contribution is -0.148. The Labute approximate surface area is 322 Å². The van der Waals surface area contributed by atoms with Crippen LogP contribution in [0, 0.1) is 17.8 Å². The number of benzene rings is 2. The molecule has 0 saturated carbocycles. The molecule has 4 heterocycles. The molecule has 13 nitrogen and oxygen atoms in total. The minimum Gasteiger partial charge on any atom is -0.469 e. The molecule has 3 N–H and O–H groups in total. The second-order valence-electron chi connectivity index (χ2n) is 15.3. The minimum atomic E-state index is -0.686. The Kier molecular flexibility index (Phi) is 12.4. The summed E-state index contributed by atoms with van der Waals surface area (Å²) in [5.41, 5.74) is 3.90. The second kappa shape index (κ2) is 17.3. The molecule has 2 aromatic carbocycles. The van der Waals surface area contributed by atoms with E-state index in [4.69, 9.17) is 14.5 Å². The van der Waals surface area contributed by atoms with E-state index in [1.54, 1.807) is 0 Å². The van der Waals surface area contributed by atoms with Gasteiger partial charge in [-0.3, -0.25) is 14.4 Å². The van der Waals surface area contributed by atoms with Crippen molar-refractivity contribution in [1.82, 2.24) is 30.1 Å². The third-order valence-corrected chi connectivity index (χ3v) is 11.0. The lowest BCUT2D eigenvalue weighted by Gasteiger charge is -2.30. The summed E-state index contributed by atoms with van der Waals surface area (Å²) >= 11 is 0. The summed E-state index contributed by atoms with van der Waals surface area (Å²) in [6.07, 6.45) is 6.61. The van der Waals surface area contributed by atoms with E-state index in [2.05, 4.69) is 57.0 Å². The van der Waals surface area contributed by atoms with E-state index in [-0.39, 0.29) is 48.1 Å². The fourth-order valence-corrected chi connectivity index (χ4v) is 7.75.